The molecule has 1 aliphatic carbocycles. The van der Waals surface area contributed by atoms with Crippen molar-refractivity contribution in [3.05, 3.63) is 82.9 Å². The van der Waals surface area contributed by atoms with Crippen molar-refractivity contribution in [2.24, 2.45) is 7.05 Å². The number of imidazole rings is 1. The summed E-state index contributed by atoms with van der Waals surface area (Å²) >= 11 is 0. The largest absolute Gasteiger partial charge is 0.489 e. The minimum absolute atomic E-state index is 0.171. The van der Waals surface area contributed by atoms with Crippen LogP contribution in [0.2, 0.25) is 0 Å². The zero-order chi connectivity index (χ0) is 24.5. The maximum Gasteiger partial charge on any atom is 0.306 e. The maximum atomic E-state index is 12.2. The number of fused-ring (bicyclic) bond motifs is 1. The van der Waals surface area contributed by atoms with Crippen molar-refractivity contribution in [2.75, 3.05) is 6.61 Å². The van der Waals surface area contributed by atoms with Crippen molar-refractivity contribution in [1.29, 1.82) is 0 Å². The molecule has 0 spiro atoms. The normalized spacial score (nSPS) is 16.6. The van der Waals surface area contributed by atoms with Crippen LogP contribution in [-0.2, 0) is 34.0 Å². The van der Waals surface area contributed by atoms with E-state index in [0.717, 1.165) is 23.6 Å². The molecule has 0 bridgehead atoms. The molecule has 1 heterocycles. The van der Waals surface area contributed by atoms with Crippen LogP contribution in [0.25, 0.3) is 0 Å². The highest BCUT2D eigenvalue weighted by Gasteiger charge is 2.41. The second-order valence-electron chi connectivity index (χ2n) is 10.6. The third kappa shape index (κ3) is 4.89. The molecule has 0 fully saturated rings. The Labute approximate surface area is 203 Å². The van der Waals surface area contributed by atoms with Crippen LogP contribution >= 0.6 is 0 Å². The lowest BCUT2D eigenvalue weighted by Gasteiger charge is -2.22. The molecule has 0 saturated carbocycles. The number of esters is 1. The van der Waals surface area contributed by atoms with Crippen LogP contribution in [0.15, 0.2) is 54.9 Å². The summed E-state index contributed by atoms with van der Waals surface area (Å²) in [6, 6.07) is 14.7. The summed E-state index contributed by atoms with van der Waals surface area (Å²) in [5, 5.41) is 0. The Kier molecular flexibility index (Phi) is 6.57. The topological polar surface area (TPSA) is 53.4 Å². The Hall–Kier alpha value is -3.08. The zero-order valence-electron chi connectivity index (χ0n) is 21.2. The van der Waals surface area contributed by atoms with Crippen LogP contribution in [-0.4, -0.2) is 22.1 Å². The first kappa shape index (κ1) is 24.1. The molecule has 0 saturated heterocycles. The molecule has 1 aromatic heterocycles. The van der Waals surface area contributed by atoms with E-state index in [0.29, 0.717) is 13.2 Å². The lowest BCUT2D eigenvalue weighted by Crippen LogP contribution is -2.18. The van der Waals surface area contributed by atoms with E-state index < -0.39 is 0 Å². The number of carbonyl (C=O) groups is 1. The molecule has 4 rings (SSSR count). The highest BCUT2D eigenvalue weighted by Crippen LogP contribution is 2.49. The number of ether oxygens (including phenoxy) is 2. The Morgan fingerprint density at radius 1 is 1.06 bits per heavy atom. The monoisotopic (exact) mass is 460 g/mol. The molecule has 3 aromatic rings. The highest BCUT2D eigenvalue weighted by molar-refractivity contribution is 5.71. The fraction of sp³-hybridized carbons (Fsp3) is 0.448. The van der Waals surface area contributed by atoms with Crippen molar-refractivity contribution in [2.45, 2.75) is 70.8 Å². The summed E-state index contributed by atoms with van der Waals surface area (Å²) in [5.41, 5.74) is 5.47. The number of nitrogens with zero attached hydrogens (tertiary/aromatic N) is 2. The first-order chi connectivity index (χ1) is 16.1. The van der Waals surface area contributed by atoms with E-state index in [-0.39, 0.29) is 29.1 Å². The molecule has 180 valence electrons. The van der Waals surface area contributed by atoms with Gasteiger partial charge in [0.2, 0.25) is 0 Å². The fourth-order valence-electron chi connectivity index (χ4n) is 5.55. The Morgan fingerprint density at radius 2 is 1.76 bits per heavy atom. The second-order valence-corrected chi connectivity index (χ2v) is 10.6. The molecule has 0 N–H and O–H groups in total. The van der Waals surface area contributed by atoms with Crippen LogP contribution in [0.5, 0.6) is 5.75 Å². The van der Waals surface area contributed by atoms with Crippen molar-refractivity contribution < 1.29 is 14.3 Å². The van der Waals surface area contributed by atoms with Gasteiger partial charge in [0.05, 0.1) is 18.9 Å². The minimum atomic E-state index is -0.224. The van der Waals surface area contributed by atoms with Gasteiger partial charge in [-0.05, 0) is 58.6 Å². The number of hydrogen-bond donors (Lipinski definition) is 0. The summed E-state index contributed by atoms with van der Waals surface area (Å²) < 4.78 is 13.3. The molecule has 1 atom stereocenters. The Morgan fingerprint density at radius 3 is 2.41 bits per heavy atom. The predicted octanol–water partition coefficient (Wildman–Crippen LogP) is 6.04. The molecule has 0 unspecified atom stereocenters. The van der Waals surface area contributed by atoms with E-state index in [1.54, 1.807) is 6.20 Å². The molecular formula is C29H36N2O3. The van der Waals surface area contributed by atoms with Gasteiger partial charge in [-0.25, -0.2) is 4.98 Å². The van der Waals surface area contributed by atoms with Crippen LogP contribution in [0.3, 0.4) is 0 Å². The fourth-order valence-corrected chi connectivity index (χ4v) is 5.55. The molecule has 0 radical (unpaired) electrons. The van der Waals surface area contributed by atoms with E-state index in [2.05, 4.69) is 50.9 Å². The molecule has 5 nitrogen and oxygen atoms in total. The third-order valence-electron chi connectivity index (χ3n) is 6.96. The van der Waals surface area contributed by atoms with E-state index in [4.69, 9.17) is 9.47 Å². The van der Waals surface area contributed by atoms with Crippen LogP contribution in [0, 0.1) is 0 Å². The van der Waals surface area contributed by atoms with Gasteiger partial charge in [0, 0.05) is 19.4 Å². The summed E-state index contributed by atoms with van der Waals surface area (Å²) in [5.74, 6) is 1.25. The minimum Gasteiger partial charge on any atom is -0.489 e. The van der Waals surface area contributed by atoms with Gasteiger partial charge in [-0.15, -0.1) is 0 Å². The van der Waals surface area contributed by atoms with Gasteiger partial charge in [-0.1, -0.05) is 58.0 Å². The van der Waals surface area contributed by atoms with Gasteiger partial charge in [0.25, 0.3) is 0 Å². The van der Waals surface area contributed by atoms with Crippen LogP contribution in [0.4, 0.5) is 0 Å². The Bertz CT molecular complexity index is 1160. The number of benzene rings is 2. The lowest BCUT2D eigenvalue weighted by molar-refractivity contribution is -0.143. The molecule has 5 heteroatoms. The van der Waals surface area contributed by atoms with E-state index in [1.807, 2.05) is 49.0 Å². The smallest absolute Gasteiger partial charge is 0.306 e. The number of rotatable bonds is 8. The molecular weight excluding hydrogens is 424 g/mol. The SMILES string of the molecule is CCOC(=O)C[C@@H](c1ccc(OCc2ccc3c(c2)C(C)(C)CC3(C)C)cc1)c1nccn1C. The molecule has 2 aromatic carbocycles. The standard InChI is InChI=1S/C29H36N2O3/c1-7-33-26(32)17-23(27-30-14-15-31(27)6)21-9-11-22(12-10-21)34-18-20-8-13-24-25(16-20)29(4,5)19-28(24,2)3/h8-16,23H,7,17-19H2,1-6H3/t23-/m0/s1. The third-order valence-corrected chi connectivity index (χ3v) is 6.96. The number of aryl methyl sites for hydroxylation is 1. The Balaban J connectivity index is 1.48. The maximum absolute atomic E-state index is 12.2. The average molecular weight is 461 g/mol. The highest BCUT2D eigenvalue weighted by atomic mass is 16.5. The summed E-state index contributed by atoms with van der Waals surface area (Å²) in [4.78, 5) is 16.7. The summed E-state index contributed by atoms with van der Waals surface area (Å²) in [7, 11) is 1.94. The van der Waals surface area contributed by atoms with Crippen molar-refractivity contribution >= 4 is 5.97 Å². The zero-order valence-corrected chi connectivity index (χ0v) is 21.2. The summed E-state index contributed by atoms with van der Waals surface area (Å²) in [6.45, 7) is 12.0. The molecule has 34 heavy (non-hydrogen) atoms. The van der Waals surface area contributed by atoms with Gasteiger partial charge in [0.1, 0.15) is 18.2 Å². The van der Waals surface area contributed by atoms with Crippen molar-refractivity contribution in [3.8, 4) is 5.75 Å². The van der Waals surface area contributed by atoms with E-state index in [9.17, 15) is 4.79 Å². The average Bonchev–Trinajstić information content (AvgIpc) is 3.28. The number of hydrogen-bond acceptors (Lipinski definition) is 4. The van der Waals surface area contributed by atoms with Crippen molar-refractivity contribution in [1.82, 2.24) is 9.55 Å². The molecule has 0 amide bonds. The van der Waals surface area contributed by atoms with E-state index in [1.165, 1.54) is 16.7 Å². The van der Waals surface area contributed by atoms with E-state index >= 15 is 0 Å². The van der Waals surface area contributed by atoms with Gasteiger partial charge in [-0.3, -0.25) is 4.79 Å². The number of carbonyl (C=O) groups excluding carboxylic acids is 1. The summed E-state index contributed by atoms with van der Waals surface area (Å²) in [6.07, 6.45) is 5.05. The first-order valence-corrected chi connectivity index (χ1v) is 12.1. The quantitative estimate of drug-likeness (QED) is 0.384. The second kappa shape index (κ2) is 9.28. The number of aromatic nitrogens is 2. The van der Waals surface area contributed by atoms with Gasteiger partial charge >= 0.3 is 5.97 Å². The van der Waals surface area contributed by atoms with Gasteiger partial charge in [-0.2, -0.15) is 0 Å². The molecule has 1 aliphatic rings. The molecule has 0 aliphatic heterocycles. The van der Waals surface area contributed by atoms with Gasteiger partial charge < -0.3 is 14.0 Å². The van der Waals surface area contributed by atoms with Crippen LogP contribution < -0.4 is 4.74 Å². The van der Waals surface area contributed by atoms with Crippen molar-refractivity contribution in [3.63, 3.8) is 0 Å². The first-order valence-electron chi connectivity index (χ1n) is 12.1. The predicted molar refractivity (Wildman–Crippen MR) is 134 cm³/mol. The van der Waals surface area contributed by atoms with Crippen LogP contribution in [0.1, 0.15) is 81.5 Å². The lowest BCUT2D eigenvalue weighted by atomic mass is 9.82. The van der Waals surface area contributed by atoms with Gasteiger partial charge in [0.15, 0.2) is 0 Å².